The first-order valence-electron chi connectivity index (χ1n) is 7.59. The van der Waals surface area contributed by atoms with Crippen LogP contribution in [0.15, 0.2) is 18.2 Å². The van der Waals surface area contributed by atoms with Crippen LogP contribution in [0.25, 0.3) is 0 Å². The number of likely N-dealkylation sites (tertiary alicyclic amines) is 1. The van der Waals surface area contributed by atoms with E-state index in [0.29, 0.717) is 6.42 Å². The molecular weight excluding hydrogens is 304 g/mol. The summed E-state index contributed by atoms with van der Waals surface area (Å²) in [4.78, 5) is 14.5. The Morgan fingerprint density at radius 2 is 2.14 bits per heavy atom. The van der Waals surface area contributed by atoms with E-state index in [1.165, 1.54) is 0 Å². The molecule has 2 atom stereocenters. The molecule has 2 aliphatic rings. The molecule has 1 saturated heterocycles. The second-order valence-electron chi connectivity index (χ2n) is 5.87. The Kier molecular flexibility index (Phi) is 5.53. The normalized spacial score (nSPS) is 21.2. The third kappa shape index (κ3) is 3.47. The van der Waals surface area contributed by atoms with Crippen LogP contribution in [0.5, 0.6) is 11.5 Å². The second-order valence-corrected chi connectivity index (χ2v) is 5.87. The zero-order valence-electron chi connectivity index (χ0n) is 12.8. The van der Waals surface area contributed by atoms with E-state index in [4.69, 9.17) is 15.2 Å². The van der Waals surface area contributed by atoms with Crippen molar-refractivity contribution in [3.63, 3.8) is 0 Å². The van der Waals surface area contributed by atoms with E-state index in [1.54, 1.807) is 0 Å². The number of carbonyl (C=O) groups excluding carboxylic acids is 1. The molecule has 6 heteroatoms. The van der Waals surface area contributed by atoms with Gasteiger partial charge in [0.2, 0.25) is 12.7 Å². The number of piperidine rings is 1. The largest absolute Gasteiger partial charge is 0.454 e. The molecule has 5 nitrogen and oxygen atoms in total. The number of halogens is 1. The van der Waals surface area contributed by atoms with Crippen LogP contribution < -0.4 is 15.2 Å². The molecule has 0 bridgehead atoms. The van der Waals surface area contributed by atoms with Crippen molar-refractivity contribution in [1.29, 1.82) is 0 Å². The molecule has 0 radical (unpaired) electrons. The zero-order valence-corrected chi connectivity index (χ0v) is 13.6. The number of fused-ring (bicyclic) bond motifs is 1. The third-order valence-electron chi connectivity index (χ3n) is 4.27. The molecule has 1 fully saturated rings. The minimum atomic E-state index is 0. The van der Waals surface area contributed by atoms with Gasteiger partial charge in [-0.25, -0.2) is 0 Å². The van der Waals surface area contributed by atoms with Gasteiger partial charge < -0.3 is 20.1 Å². The smallest absolute Gasteiger partial charge is 0.231 e. The highest BCUT2D eigenvalue weighted by Crippen LogP contribution is 2.32. The summed E-state index contributed by atoms with van der Waals surface area (Å²) in [5.74, 6) is 1.62. The van der Waals surface area contributed by atoms with E-state index in [9.17, 15) is 4.79 Å². The minimum Gasteiger partial charge on any atom is -0.454 e. The number of hydrogen-bond donors (Lipinski definition) is 1. The topological polar surface area (TPSA) is 64.8 Å². The molecule has 3 rings (SSSR count). The summed E-state index contributed by atoms with van der Waals surface area (Å²) in [5.41, 5.74) is 6.99. The average molecular weight is 327 g/mol. The Balaban J connectivity index is 0.00000176. The van der Waals surface area contributed by atoms with Gasteiger partial charge in [-0.1, -0.05) is 6.07 Å². The number of hydrogen-bond acceptors (Lipinski definition) is 4. The van der Waals surface area contributed by atoms with Crippen LogP contribution in [-0.2, 0) is 11.2 Å². The average Bonchev–Trinajstić information content (AvgIpc) is 2.94. The number of nitrogens with zero attached hydrogens (tertiary/aromatic N) is 1. The maximum Gasteiger partial charge on any atom is 0.231 e. The van der Waals surface area contributed by atoms with Crippen molar-refractivity contribution < 1.29 is 14.3 Å². The Bertz CT molecular complexity index is 536. The van der Waals surface area contributed by atoms with Crippen LogP contribution in [0.4, 0.5) is 0 Å². The van der Waals surface area contributed by atoms with Crippen molar-refractivity contribution >= 4 is 18.3 Å². The van der Waals surface area contributed by atoms with E-state index in [1.807, 2.05) is 30.0 Å². The molecule has 2 aliphatic heterocycles. The van der Waals surface area contributed by atoms with Crippen LogP contribution in [-0.4, -0.2) is 36.2 Å². The fourth-order valence-electron chi connectivity index (χ4n) is 3.14. The van der Waals surface area contributed by atoms with Gasteiger partial charge in [-0.2, -0.15) is 0 Å². The van der Waals surface area contributed by atoms with Crippen LogP contribution in [0.3, 0.4) is 0 Å². The maximum atomic E-state index is 12.6. The molecule has 2 unspecified atom stereocenters. The number of rotatable bonds is 3. The SMILES string of the molecule is CC(N)C1CCCCN1C(=O)Cc1ccc2c(c1)OCO2.Cl. The van der Waals surface area contributed by atoms with Crippen molar-refractivity contribution in [3.8, 4) is 11.5 Å². The summed E-state index contributed by atoms with van der Waals surface area (Å²) in [6, 6.07) is 5.87. The molecule has 0 aromatic heterocycles. The predicted molar refractivity (Wildman–Crippen MR) is 86.5 cm³/mol. The van der Waals surface area contributed by atoms with E-state index >= 15 is 0 Å². The van der Waals surface area contributed by atoms with Crippen LogP contribution in [0, 0.1) is 0 Å². The second kappa shape index (κ2) is 7.20. The summed E-state index contributed by atoms with van der Waals surface area (Å²) in [6.07, 6.45) is 3.61. The molecule has 1 amide bonds. The lowest BCUT2D eigenvalue weighted by molar-refractivity contribution is -0.134. The molecule has 22 heavy (non-hydrogen) atoms. The Morgan fingerprint density at radius 3 is 2.91 bits per heavy atom. The molecule has 0 aliphatic carbocycles. The van der Waals surface area contributed by atoms with E-state index < -0.39 is 0 Å². The molecule has 2 heterocycles. The molecular formula is C16H23ClN2O3. The quantitative estimate of drug-likeness (QED) is 0.924. The maximum absolute atomic E-state index is 12.6. The van der Waals surface area contributed by atoms with Gasteiger partial charge in [0.1, 0.15) is 0 Å². The highest BCUT2D eigenvalue weighted by atomic mass is 35.5. The first-order chi connectivity index (χ1) is 10.1. The molecule has 2 N–H and O–H groups in total. The Hall–Kier alpha value is -1.46. The van der Waals surface area contributed by atoms with Crippen molar-refractivity contribution in [2.24, 2.45) is 5.73 Å². The molecule has 122 valence electrons. The Labute approximate surface area is 137 Å². The number of amides is 1. The van der Waals surface area contributed by atoms with E-state index in [2.05, 4.69) is 0 Å². The lowest BCUT2D eigenvalue weighted by Crippen LogP contribution is -2.52. The van der Waals surface area contributed by atoms with Gasteiger partial charge in [-0.15, -0.1) is 12.4 Å². The fraction of sp³-hybridized carbons (Fsp3) is 0.562. The third-order valence-corrected chi connectivity index (χ3v) is 4.27. The molecule has 1 aromatic rings. The molecule has 1 aromatic carbocycles. The summed E-state index contributed by atoms with van der Waals surface area (Å²) >= 11 is 0. The standard InChI is InChI=1S/C16H22N2O3.ClH/c1-11(17)13-4-2-3-7-18(13)16(19)9-12-5-6-14-15(8-12)21-10-20-14;/h5-6,8,11,13H,2-4,7,9-10,17H2,1H3;1H. The van der Waals surface area contributed by atoms with Gasteiger partial charge in [0.25, 0.3) is 0 Å². The van der Waals surface area contributed by atoms with Crippen molar-refractivity contribution in [2.45, 2.75) is 44.7 Å². The van der Waals surface area contributed by atoms with E-state index in [0.717, 1.165) is 42.9 Å². The monoisotopic (exact) mass is 326 g/mol. The van der Waals surface area contributed by atoms with Gasteiger partial charge >= 0.3 is 0 Å². The first-order valence-corrected chi connectivity index (χ1v) is 7.59. The van der Waals surface area contributed by atoms with Gasteiger partial charge in [0.15, 0.2) is 11.5 Å². The highest BCUT2D eigenvalue weighted by molar-refractivity contribution is 5.85. The highest BCUT2D eigenvalue weighted by Gasteiger charge is 2.29. The molecule has 0 saturated carbocycles. The van der Waals surface area contributed by atoms with Crippen molar-refractivity contribution in [2.75, 3.05) is 13.3 Å². The Morgan fingerprint density at radius 1 is 1.36 bits per heavy atom. The van der Waals surface area contributed by atoms with Gasteiger partial charge in [0.05, 0.1) is 6.42 Å². The first kappa shape index (κ1) is 16.9. The number of nitrogens with two attached hydrogens (primary N) is 1. The molecule has 0 spiro atoms. The number of carbonyl (C=O) groups is 1. The fourth-order valence-corrected chi connectivity index (χ4v) is 3.14. The van der Waals surface area contributed by atoms with Crippen LogP contribution >= 0.6 is 12.4 Å². The summed E-state index contributed by atoms with van der Waals surface area (Å²) in [5, 5.41) is 0. The summed E-state index contributed by atoms with van der Waals surface area (Å²) in [6.45, 7) is 3.05. The van der Waals surface area contributed by atoms with Gasteiger partial charge in [-0.05, 0) is 43.9 Å². The van der Waals surface area contributed by atoms with Crippen molar-refractivity contribution in [3.05, 3.63) is 23.8 Å². The van der Waals surface area contributed by atoms with Crippen molar-refractivity contribution in [1.82, 2.24) is 4.90 Å². The lowest BCUT2D eigenvalue weighted by atomic mass is 9.96. The van der Waals surface area contributed by atoms with Crippen LogP contribution in [0.1, 0.15) is 31.7 Å². The minimum absolute atomic E-state index is 0. The van der Waals surface area contributed by atoms with Gasteiger partial charge in [0, 0.05) is 18.6 Å². The number of ether oxygens (including phenoxy) is 2. The van der Waals surface area contributed by atoms with Gasteiger partial charge in [-0.3, -0.25) is 4.79 Å². The summed E-state index contributed by atoms with van der Waals surface area (Å²) < 4.78 is 10.6. The predicted octanol–water partition coefficient (Wildman–Crippen LogP) is 2.11. The zero-order chi connectivity index (χ0) is 14.8. The number of benzene rings is 1. The van der Waals surface area contributed by atoms with Crippen LogP contribution in [0.2, 0.25) is 0 Å². The summed E-state index contributed by atoms with van der Waals surface area (Å²) in [7, 11) is 0. The lowest BCUT2D eigenvalue weighted by Gasteiger charge is -2.38. The van der Waals surface area contributed by atoms with E-state index in [-0.39, 0.29) is 37.2 Å².